The van der Waals surface area contributed by atoms with Gasteiger partial charge in [0, 0.05) is 50.0 Å². The Balaban J connectivity index is 1.08. The van der Waals surface area contributed by atoms with Gasteiger partial charge in [0.1, 0.15) is 0 Å². The second-order valence-electron chi connectivity index (χ2n) is 13.5. The largest absolute Gasteiger partial charge is 0.311 e. The predicted molar refractivity (Wildman–Crippen MR) is 220 cm³/mol. The number of hydrogen-bond acceptors (Lipinski definition) is 1. The zero-order valence-electron chi connectivity index (χ0n) is 28.8. The van der Waals surface area contributed by atoms with E-state index in [1.54, 1.807) is 0 Å². The minimum atomic E-state index is 1.11. The summed E-state index contributed by atoms with van der Waals surface area (Å²) in [6.07, 6.45) is 0. The van der Waals surface area contributed by atoms with E-state index in [2.05, 4.69) is 215 Å². The number of anilines is 3. The topological polar surface area (TPSA) is 13.1 Å². The molecule has 8 aromatic carbocycles. The van der Waals surface area contributed by atoms with Gasteiger partial charge in [-0.3, -0.25) is 0 Å². The van der Waals surface area contributed by atoms with Gasteiger partial charge >= 0.3 is 0 Å². The first-order valence-electron chi connectivity index (χ1n) is 17.9. The quantitative estimate of drug-likeness (QED) is 0.172. The summed E-state index contributed by atoms with van der Waals surface area (Å²) < 4.78 is 4.78. The predicted octanol–water partition coefficient (Wildman–Crippen LogP) is 13.3. The lowest BCUT2D eigenvalue weighted by atomic mass is 10.0. The molecule has 3 heteroatoms. The van der Waals surface area contributed by atoms with Crippen molar-refractivity contribution in [3.63, 3.8) is 0 Å². The molecule has 0 atom stereocenters. The molecule has 0 radical (unpaired) electrons. The van der Waals surface area contributed by atoms with Crippen LogP contribution in [0.15, 0.2) is 194 Å². The molecular weight excluding hydrogens is 631 g/mol. The maximum absolute atomic E-state index is 2.39. The number of fused-ring (bicyclic) bond motifs is 6. The summed E-state index contributed by atoms with van der Waals surface area (Å²) in [7, 11) is 0. The van der Waals surface area contributed by atoms with Crippen LogP contribution in [0, 0.1) is 6.92 Å². The van der Waals surface area contributed by atoms with Crippen LogP contribution >= 0.6 is 0 Å². The standard InChI is InChI=1S/C49H35N3/c1-34-20-24-40(25-21-34)51-46-18-10-8-16-42(46)44-32-35(22-30-48(44)51)36-23-31-49-45(33-36)43-17-9-11-19-47(43)52(49)41-28-26-39(27-29-41)50(37-12-4-2-5-13-37)38-14-6-3-7-15-38/h2-33H,1H3. The summed E-state index contributed by atoms with van der Waals surface area (Å²) in [4.78, 5) is 2.30. The Hall–Kier alpha value is -6.84. The Morgan fingerprint density at radius 1 is 0.327 bits per heavy atom. The maximum Gasteiger partial charge on any atom is 0.0541 e. The first-order valence-corrected chi connectivity index (χ1v) is 17.9. The highest BCUT2D eigenvalue weighted by molar-refractivity contribution is 6.12. The fourth-order valence-electron chi connectivity index (χ4n) is 7.91. The Labute approximate surface area is 302 Å². The van der Waals surface area contributed by atoms with E-state index in [9.17, 15) is 0 Å². The average molecular weight is 666 g/mol. The molecule has 0 saturated carbocycles. The van der Waals surface area contributed by atoms with Crippen LogP contribution in [-0.4, -0.2) is 9.13 Å². The van der Waals surface area contributed by atoms with E-state index in [1.165, 1.54) is 66.0 Å². The molecule has 0 N–H and O–H groups in total. The lowest BCUT2D eigenvalue weighted by Crippen LogP contribution is -2.09. The van der Waals surface area contributed by atoms with Crippen LogP contribution in [0.2, 0.25) is 0 Å². The number of benzene rings is 8. The van der Waals surface area contributed by atoms with Crippen LogP contribution in [0.25, 0.3) is 66.1 Å². The molecule has 0 aliphatic carbocycles. The van der Waals surface area contributed by atoms with E-state index >= 15 is 0 Å². The highest BCUT2D eigenvalue weighted by Gasteiger charge is 2.17. The fourth-order valence-corrected chi connectivity index (χ4v) is 7.91. The van der Waals surface area contributed by atoms with E-state index in [0.29, 0.717) is 0 Å². The van der Waals surface area contributed by atoms with Gasteiger partial charge in [0.15, 0.2) is 0 Å². The van der Waals surface area contributed by atoms with Crippen molar-refractivity contribution in [1.82, 2.24) is 9.13 Å². The van der Waals surface area contributed by atoms with Gasteiger partial charge in [0.25, 0.3) is 0 Å². The Bertz CT molecular complexity index is 2840. The molecular formula is C49H35N3. The number of aromatic nitrogens is 2. The number of para-hydroxylation sites is 4. The fraction of sp³-hybridized carbons (Fsp3) is 0.0204. The lowest BCUT2D eigenvalue weighted by Gasteiger charge is -2.25. The van der Waals surface area contributed by atoms with Crippen molar-refractivity contribution >= 4 is 60.7 Å². The van der Waals surface area contributed by atoms with Crippen molar-refractivity contribution in [2.24, 2.45) is 0 Å². The monoisotopic (exact) mass is 665 g/mol. The molecule has 0 bridgehead atoms. The van der Waals surface area contributed by atoms with Crippen LogP contribution < -0.4 is 4.90 Å². The molecule has 52 heavy (non-hydrogen) atoms. The third-order valence-corrected chi connectivity index (χ3v) is 10.4. The van der Waals surface area contributed by atoms with Gasteiger partial charge in [-0.05, 0) is 115 Å². The van der Waals surface area contributed by atoms with E-state index in [4.69, 9.17) is 0 Å². The zero-order valence-corrected chi connectivity index (χ0v) is 28.8. The number of hydrogen-bond donors (Lipinski definition) is 0. The summed E-state index contributed by atoms with van der Waals surface area (Å²) in [6.45, 7) is 2.14. The summed E-state index contributed by atoms with van der Waals surface area (Å²) in [5.74, 6) is 0. The Morgan fingerprint density at radius 2 is 0.712 bits per heavy atom. The Morgan fingerprint density at radius 3 is 1.19 bits per heavy atom. The van der Waals surface area contributed by atoms with Gasteiger partial charge in [0.05, 0.1) is 22.1 Å². The molecule has 10 aromatic rings. The minimum Gasteiger partial charge on any atom is -0.311 e. The second-order valence-corrected chi connectivity index (χ2v) is 13.5. The molecule has 10 rings (SSSR count). The molecule has 2 aromatic heterocycles. The minimum absolute atomic E-state index is 1.11. The van der Waals surface area contributed by atoms with E-state index in [0.717, 1.165) is 22.7 Å². The first-order chi connectivity index (χ1) is 25.7. The van der Waals surface area contributed by atoms with Crippen LogP contribution in [0.1, 0.15) is 5.56 Å². The van der Waals surface area contributed by atoms with E-state index in [-0.39, 0.29) is 0 Å². The van der Waals surface area contributed by atoms with Crippen molar-refractivity contribution < 1.29 is 0 Å². The first kappa shape index (κ1) is 30.0. The average Bonchev–Trinajstić information content (AvgIpc) is 3.72. The highest BCUT2D eigenvalue weighted by atomic mass is 15.1. The molecule has 3 nitrogen and oxygen atoms in total. The smallest absolute Gasteiger partial charge is 0.0541 e. The van der Waals surface area contributed by atoms with Crippen LogP contribution in [0.5, 0.6) is 0 Å². The van der Waals surface area contributed by atoms with Gasteiger partial charge in [-0.25, -0.2) is 0 Å². The van der Waals surface area contributed by atoms with Crippen LogP contribution in [-0.2, 0) is 0 Å². The molecule has 0 aliphatic heterocycles. The Kier molecular flexibility index (Phi) is 7.04. The summed E-state index contributed by atoms with van der Waals surface area (Å²) >= 11 is 0. The molecule has 0 unspecified atom stereocenters. The molecule has 0 aliphatic rings. The molecule has 0 fully saturated rings. The molecule has 0 spiro atoms. The summed E-state index contributed by atoms with van der Waals surface area (Å²) in [5, 5.41) is 5.01. The van der Waals surface area contributed by atoms with Gasteiger partial charge in [-0.2, -0.15) is 0 Å². The summed E-state index contributed by atoms with van der Waals surface area (Å²) in [6, 6.07) is 70.2. The molecule has 2 heterocycles. The van der Waals surface area contributed by atoms with Crippen LogP contribution in [0.4, 0.5) is 17.1 Å². The van der Waals surface area contributed by atoms with Gasteiger partial charge in [-0.15, -0.1) is 0 Å². The second kappa shape index (κ2) is 12.2. The number of aryl methyl sites for hydroxylation is 1. The van der Waals surface area contributed by atoms with Gasteiger partial charge < -0.3 is 14.0 Å². The number of rotatable bonds is 6. The maximum atomic E-state index is 2.39. The van der Waals surface area contributed by atoms with Gasteiger partial charge in [0.2, 0.25) is 0 Å². The lowest BCUT2D eigenvalue weighted by molar-refractivity contribution is 1.17. The van der Waals surface area contributed by atoms with E-state index in [1.807, 2.05) is 0 Å². The van der Waals surface area contributed by atoms with Crippen molar-refractivity contribution in [3.8, 4) is 22.5 Å². The zero-order chi connectivity index (χ0) is 34.6. The summed E-state index contributed by atoms with van der Waals surface area (Å²) in [5.41, 5.74) is 14.2. The third kappa shape index (κ3) is 4.90. The van der Waals surface area contributed by atoms with Crippen molar-refractivity contribution in [3.05, 3.63) is 200 Å². The highest BCUT2D eigenvalue weighted by Crippen LogP contribution is 2.39. The van der Waals surface area contributed by atoms with Gasteiger partial charge in [-0.1, -0.05) is 103 Å². The van der Waals surface area contributed by atoms with E-state index < -0.39 is 0 Å². The SMILES string of the molecule is Cc1ccc(-n2c3ccccc3c3cc(-c4ccc5c(c4)c4ccccc4n5-c4ccc(N(c5ccccc5)c5ccccc5)cc4)ccc32)cc1. The normalized spacial score (nSPS) is 11.6. The van der Waals surface area contributed by atoms with Crippen molar-refractivity contribution in [2.75, 3.05) is 4.90 Å². The molecule has 246 valence electrons. The van der Waals surface area contributed by atoms with Crippen LogP contribution in [0.3, 0.4) is 0 Å². The van der Waals surface area contributed by atoms with Crippen molar-refractivity contribution in [1.29, 1.82) is 0 Å². The van der Waals surface area contributed by atoms with Crippen molar-refractivity contribution in [2.45, 2.75) is 6.92 Å². The third-order valence-electron chi connectivity index (χ3n) is 10.4. The molecule has 0 saturated heterocycles. The number of nitrogens with zero attached hydrogens (tertiary/aromatic N) is 3. The molecule has 0 amide bonds.